The van der Waals surface area contributed by atoms with Gasteiger partial charge in [0.05, 0.1) is 5.75 Å². The van der Waals surface area contributed by atoms with Crippen LogP contribution in [0.1, 0.15) is 21.5 Å². The molecule has 0 saturated carbocycles. The first-order valence-electron chi connectivity index (χ1n) is 6.38. The Kier molecular flexibility index (Phi) is 5.94. The van der Waals surface area contributed by atoms with Crippen molar-refractivity contribution in [3.8, 4) is 11.8 Å². The maximum absolute atomic E-state index is 12.2. The Morgan fingerprint density at radius 3 is 2.62 bits per heavy atom. The van der Waals surface area contributed by atoms with Crippen LogP contribution in [0.15, 0.2) is 18.2 Å². The van der Waals surface area contributed by atoms with Crippen molar-refractivity contribution in [1.29, 1.82) is 0 Å². The summed E-state index contributed by atoms with van der Waals surface area (Å²) in [6.45, 7) is 1.76. The van der Waals surface area contributed by atoms with Crippen molar-refractivity contribution in [2.45, 2.75) is 6.92 Å². The number of sulfone groups is 1. The topological polar surface area (TPSA) is 74.7 Å². The Balaban J connectivity index is 2.92. The Labute approximate surface area is 125 Å². The van der Waals surface area contributed by atoms with Gasteiger partial charge in [0, 0.05) is 31.0 Å². The minimum absolute atomic E-state index is 0.0712. The fraction of sp³-hybridized carbons (Fsp3) is 0.400. The summed E-state index contributed by atoms with van der Waals surface area (Å²) in [6.07, 6.45) is 1.14. The quantitative estimate of drug-likeness (QED) is 0.820. The van der Waals surface area contributed by atoms with Gasteiger partial charge in [-0.2, -0.15) is 0 Å². The lowest BCUT2D eigenvalue weighted by atomic mass is 10.0. The summed E-state index contributed by atoms with van der Waals surface area (Å²) in [6, 6.07) is 5.11. The monoisotopic (exact) mass is 309 g/mol. The van der Waals surface area contributed by atoms with Crippen LogP contribution in [0.4, 0.5) is 0 Å². The van der Waals surface area contributed by atoms with Crippen molar-refractivity contribution in [2.24, 2.45) is 0 Å². The van der Waals surface area contributed by atoms with Crippen molar-refractivity contribution in [1.82, 2.24) is 4.90 Å². The van der Waals surface area contributed by atoms with Crippen LogP contribution in [0.5, 0.6) is 0 Å². The highest BCUT2D eigenvalue weighted by atomic mass is 32.2. The summed E-state index contributed by atoms with van der Waals surface area (Å²) in [5.74, 6) is 5.00. The Bertz CT molecular complexity index is 683. The lowest BCUT2D eigenvalue weighted by Crippen LogP contribution is -2.31. The molecule has 1 aromatic rings. The Morgan fingerprint density at radius 1 is 1.38 bits per heavy atom. The lowest BCUT2D eigenvalue weighted by molar-refractivity contribution is 0.0803. The smallest absolute Gasteiger partial charge is 0.253 e. The third-order valence-electron chi connectivity index (χ3n) is 2.93. The molecule has 6 heteroatoms. The molecule has 1 rings (SSSR count). The largest absolute Gasteiger partial charge is 0.384 e. The number of aliphatic hydroxyl groups excluding tert-OH is 1. The zero-order valence-corrected chi connectivity index (χ0v) is 13.2. The van der Waals surface area contributed by atoms with Gasteiger partial charge in [0.15, 0.2) is 0 Å². The Hall–Kier alpha value is -1.84. The van der Waals surface area contributed by atoms with Gasteiger partial charge in [0.2, 0.25) is 0 Å². The van der Waals surface area contributed by atoms with E-state index >= 15 is 0 Å². The summed E-state index contributed by atoms with van der Waals surface area (Å²) in [7, 11) is -1.54. The van der Waals surface area contributed by atoms with Gasteiger partial charge in [-0.3, -0.25) is 4.79 Å². The van der Waals surface area contributed by atoms with Crippen molar-refractivity contribution in [2.75, 3.05) is 32.2 Å². The summed E-state index contributed by atoms with van der Waals surface area (Å²) in [5, 5.41) is 8.73. The van der Waals surface area contributed by atoms with Crippen LogP contribution in [0.3, 0.4) is 0 Å². The number of hydrogen-bond donors (Lipinski definition) is 1. The van der Waals surface area contributed by atoms with Crippen LogP contribution in [-0.2, 0) is 9.84 Å². The van der Waals surface area contributed by atoms with E-state index in [1.807, 2.05) is 6.92 Å². The van der Waals surface area contributed by atoms with E-state index in [-0.39, 0.29) is 24.8 Å². The van der Waals surface area contributed by atoms with E-state index in [1.54, 1.807) is 25.2 Å². The van der Waals surface area contributed by atoms with E-state index in [4.69, 9.17) is 5.11 Å². The first-order valence-corrected chi connectivity index (χ1v) is 8.44. The van der Waals surface area contributed by atoms with E-state index in [9.17, 15) is 13.2 Å². The number of hydrogen-bond acceptors (Lipinski definition) is 4. The Morgan fingerprint density at radius 2 is 2.05 bits per heavy atom. The fourth-order valence-electron chi connectivity index (χ4n) is 1.65. The van der Waals surface area contributed by atoms with Crippen molar-refractivity contribution >= 4 is 15.7 Å². The number of rotatable bonds is 4. The molecule has 0 aliphatic heterocycles. The maximum atomic E-state index is 12.2. The molecule has 0 saturated heterocycles. The molecule has 0 fully saturated rings. The SMILES string of the molecule is Cc1ccc(C(=O)N(C)CCS(C)(=O)=O)cc1C#CCO. The highest BCUT2D eigenvalue weighted by molar-refractivity contribution is 7.90. The average molecular weight is 309 g/mol. The number of nitrogens with zero attached hydrogens (tertiary/aromatic N) is 1. The molecular weight excluding hydrogens is 290 g/mol. The van der Waals surface area contributed by atoms with Crippen LogP contribution in [0.25, 0.3) is 0 Å². The highest BCUT2D eigenvalue weighted by Gasteiger charge is 2.14. The second-order valence-corrected chi connectivity index (χ2v) is 7.11. The van der Waals surface area contributed by atoms with Crippen molar-refractivity contribution in [3.05, 3.63) is 34.9 Å². The molecule has 0 heterocycles. The van der Waals surface area contributed by atoms with Gasteiger partial charge in [-0.25, -0.2) is 8.42 Å². The molecule has 1 N–H and O–H groups in total. The molecule has 1 amide bonds. The van der Waals surface area contributed by atoms with Crippen LogP contribution >= 0.6 is 0 Å². The molecule has 0 atom stereocenters. The van der Waals surface area contributed by atoms with Crippen molar-refractivity contribution < 1.29 is 18.3 Å². The van der Waals surface area contributed by atoms with Crippen molar-refractivity contribution in [3.63, 3.8) is 0 Å². The number of carbonyl (C=O) groups excluding carboxylic acids is 1. The van der Waals surface area contributed by atoms with Crippen LogP contribution < -0.4 is 0 Å². The minimum atomic E-state index is -3.11. The van der Waals surface area contributed by atoms with Crippen LogP contribution in [0.2, 0.25) is 0 Å². The molecule has 0 radical (unpaired) electrons. The van der Waals surface area contributed by atoms with E-state index in [0.29, 0.717) is 11.1 Å². The van der Waals surface area contributed by atoms with Gasteiger partial charge in [0.25, 0.3) is 5.91 Å². The molecule has 114 valence electrons. The highest BCUT2D eigenvalue weighted by Crippen LogP contribution is 2.12. The second-order valence-electron chi connectivity index (χ2n) is 4.85. The fourth-order valence-corrected chi connectivity index (χ4v) is 2.25. The van der Waals surface area contributed by atoms with Gasteiger partial charge >= 0.3 is 0 Å². The van der Waals surface area contributed by atoms with Gasteiger partial charge in [-0.05, 0) is 24.6 Å². The standard InChI is InChI=1S/C15H19NO4S/c1-12-6-7-14(11-13(12)5-4-9-17)15(18)16(2)8-10-21(3,19)20/h6-7,11,17H,8-10H2,1-3H3. The summed E-state index contributed by atoms with van der Waals surface area (Å²) in [5.41, 5.74) is 2.02. The van der Waals surface area contributed by atoms with Gasteiger partial charge in [0.1, 0.15) is 16.4 Å². The molecule has 0 bridgehead atoms. The van der Waals surface area contributed by atoms with Crippen LogP contribution in [0, 0.1) is 18.8 Å². The molecule has 5 nitrogen and oxygen atoms in total. The second kappa shape index (κ2) is 7.25. The number of amides is 1. The summed E-state index contributed by atoms with van der Waals surface area (Å²) < 4.78 is 22.3. The minimum Gasteiger partial charge on any atom is -0.384 e. The predicted molar refractivity (Wildman–Crippen MR) is 81.8 cm³/mol. The number of benzene rings is 1. The molecule has 0 aliphatic carbocycles. The number of carbonyl (C=O) groups is 1. The van der Waals surface area contributed by atoms with Gasteiger partial charge < -0.3 is 10.0 Å². The summed E-state index contributed by atoms with van der Waals surface area (Å²) in [4.78, 5) is 13.6. The maximum Gasteiger partial charge on any atom is 0.253 e. The molecule has 0 aliphatic rings. The molecule has 0 spiro atoms. The normalized spacial score (nSPS) is 10.7. The van der Waals surface area contributed by atoms with E-state index in [2.05, 4.69) is 11.8 Å². The first-order chi connectivity index (χ1) is 9.74. The van der Waals surface area contributed by atoms with E-state index < -0.39 is 9.84 Å². The van der Waals surface area contributed by atoms with E-state index in [1.165, 1.54) is 4.90 Å². The third kappa shape index (κ3) is 5.58. The van der Waals surface area contributed by atoms with Gasteiger partial charge in [-0.15, -0.1) is 0 Å². The molecule has 0 unspecified atom stereocenters. The molecule has 21 heavy (non-hydrogen) atoms. The van der Waals surface area contributed by atoms with Crippen LogP contribution in [-0.4, -0.2) is 56.5 Å². The third-order valence-corrected chi connectivity index (χ3v) is 3.85. The molecule has 0 aromatic heterocycles. The zero-order valence-electron chi connectivity index (χ0n) is 12.4. The zero-order chi connectivity index (χ0) is 16.0. The predicted octanol–water partition coefficient (Wildman–Crippen LogP) is 0.455. The number of aryl methyl sites for hydroxylation is 1. The van der Waals surface area contributed by atoms with Gasteiger partial charge in [-0.1, -0.05) is 17.9 Å². The number of aliphatic hydroxyl groups is 1. The first kappa shape index (κ1) is 17.2. The lowest BCUT2D eigenvalue weighted by Gasteiger charge is -2.17. The average Bonchev–Trinajstić information content (AvgIpc) is 2.42. The summed E-state index contributed by atoms with van der Waals surface area (Å²) >= 11 is 0. The molecular formula is C15H19NO4S. The molecule has 1 aromatic carbocycles. The van der Waals surface area contributed by atoms with E-state index in [0.717, 1.165) is 11.8 Å².